The van der Waals surface area contributed by atoms with Crippen molar-refractivity contribution < 1.29 is 9.53 Å². The summed E-state index contributed by atoms with van der Waals surface area (Å²) in [7, 11) is 0. The molecular formula is C23H36O2. The summed E-state index contributed by atoms with van der Waals surface area (Å²) in [6.07, 6.45) is 17.0. The van der Waals surface area contributed by atoms with Crippen molar-refractivity contribution in [3.8, 4) is 0 Å². The third-order valence-corrected chi connectivity index (χ3v) is 5.41. The van der Waals surface area contributed by atoms with Crippen LogP contribution in [0, 0.1) is 5.92 Å². The highest BCUT2D eigenvalue weighted by atomic mass is 16.6. The Morgan fingerprint density at radius 1 is 0.800 bits per heavy atom. The minimum atomic E-state index is -0.00285. The van der Waals surface area contributed by atoms with Crippen LogP contribution in [-0.4, -0.2) is 12.1 Å². The molecule has 25 heavy (non-hydrogen) atoms. The summed E-state index contributed by atoms with van der Waals surface area (Å²) >= 11 is 0. The average Bonchev–Trinajstić information content (AvgIpc) is 2.64. The van der Waals surface area contributed by atoms with Gasteiger partial charge in [-0.1, -0.05) is 101 Å². The molecule has 0 N–H and O–H groups in total. The number of carbonyl (C=O) groups excluding carboxylic acids is 1. The van der Waals surface area contributed by atoms with E-state index < -0.39 is 0 Å². The molecule has 1 heterocycles. The molecule has 0 amide bonds. The number of unbranched alkanes of at least 4 members (excludes halogenated alkanes) is 10. The summed E-state index contributed by atoms with van der Waals surface area (Å²) in [6, 6.07) is 10.3. The largest absolute Gasteiger partial charge is 0.461 e. The first-order valence-electron chi connectivity index (χ1n) is 10.6. The van der Waals surface area contributed by atoms with Crippen LogP contribution in [0.1, 0.15) is 89.5 Å². The number of hydrogen-bond acceptors (Lipinski definition) is 2. The van der Waals surface area contributed by atoms with E-state index in [0.29, 0.717) is 0 Å². The summed E-state index contributed by atoms with van der Waals surface area (Å²) in [5.41, 5.74) is 1.24. The van der Waals surface area contributed by atoms with Crippen LogP contribution in [0.2, 0.25) is 0 Å². The molecule has 0 aromatic heterocycles. The van der Waals surface area contributed by atoms with Crippen molar-refractivity contribution in [2.24, 2.45) is 5.92 Å². The van der Waals surface area contributed by atoms with Crippen molar-refractivity contribution >= 4 is 5.97 Å². The molecule has 0 spiro atoms. The van der Waals surface area contributed by atoms with E-state index in [1.165, 1.54) is 76.2 Å². The Morgan fingerprint density at radius 3 is 1.92 bits per heavy atom. The van der Waals surface area contributed by atoms with Crippen LogP contribution in [0.15, 0.2) is 30.3 Å². The van der Waals surface area contributed by atoms with Gasteiger partial charge in [0.05, 0.1) is 5.92 Å². The molecule has 2 rings (SSSR count). The Hall–Kier alpha value is -1.31. The maximum atomic E-state index is 11.7. The fourth-order valence-corrected chi connectivity index (χ4v) is 3.75. The molecule has 0 bridgehead atoms. The summed E-state index contributed by atoms with van der Waals surface area (Å²) < 4.78 is 5.38. The third kappa shape index (κ3) is 7.63. The van der Waals surface area contributed by atoms with Crippen LogP contribution in [0.5, 0.6) is 0 Å². The molecule has 0 unspecified atom stereocenters. The van der Waals surface area contributed by atoms with Crippen molar-refractivity contribution in [2.45, 2.75) is 96.5 Å². The maximum Gasteiger partial charge on any atom is 0.313 e. The molecule has 2 heteroatoms. The number of cyclic esters (lactones) is 1. The molecule has 0 saturated carbocycles. The van der Waals surface area contributed by atoms with E-state index in [9.17, 15) is 4.79 Å². The molecule has 1 fully saturated rings. The van der Waals surface area contributed by atoms with Gasteiger partial charge >= 0.3 is 5.97 Å². The molecule has 1 saturated heterocycles. The smallest absolute Gasteiger partial charge is 0.313 e. The normalized spacial score (nSPS) is 19.5. The van der Waals surface area contributed by atoms with Gasteiger partial charge in [-0.2, -0.15) is 0 Å². The molecule has 2 nitrogen and oxygen atoms in total. The zero-order chi connectivity index (χ0) is 17.7. The Balaban J connectivity index is 1.46. The van der Waals surface area contributed by atoms with E-state index in [1.807, 2.05) is 18.2 Å². The van der Waals surface area contributed by atoms with Crippen molar-refractivity contribution in [3.63, 3.8) is 0 Å². The molecular weight excluding hydrogens is 308 g/mol. The number of carbonyl (C=O) groups is 1. The predicted octanol–water partition coefficient (Wildman–Crippen LogP) is 6.47. The fraction of sp³-hybridized carbons (Fsp3) is 0.696. The van der Waals surface area contributed by atoms with Gasteiger partial charge in [-0.25, -0.2) is 0 Å². The first-order chi connectivity index (χ1) is 12.3. The lowest BCUT2D eigenvalue weighted by molar-refractivity contribution is -0.185. The summed E-state index contributed by atoms with van der Waals surface area (Å²) in [4.78, 5) is 11.7. The minimum absolute atomic E-state index is 0.00285. The van der Waals surface area contributed by atoms with Gasteiger partial charge in [-0.3, -0.25) is 4.79 Å². The SMILES string of the molecule is CCCCCCCCCCCCC[C@@H]1OC(=O)[C@@H]1Cc1ccccc1. The van der Waals surface area contributed by atoms with E-state index in [1.54, 1.807) is 0 Å². The Labute approximate surface area is 154 Å². The highest BCUT2D eigenvalue weighted by Crippen LogP contribution is 2.30. The average molecular weight is 345 g/mol. The topological polar surface area (TPSA) is 26.3 Å². The molecule has 2 atom stereocenters. The van der Waals surface area contributed by atoms with Crippen molar-refractivity contribution in [1.29, 1.82) is 0 Å². The van der Waals surface area contributed by atoms with E-state index in [4.69, 9.17) is 4.74 Å². The van der Waals surface area contributed by atoms with Gasteiger partial charge in [-0.15, -0.1) is 0 Å². The Kier molecular flexibility index (Phi) is 9.69. The van der Waals surface area contributed by atoms with Crippen molar-refractivity contribution in [3.05, 3.63) is 35.9 Å². The van der Waals surface area contributed by atoms with Gasteiger partial charge in [0.25, 0.3) is 0 Å². The lowest BCUT2D eigenvalue weighted by Gasteiger charge is -2.35. The second kappa shape index (κ2) is 12.1. The molecule has 0 aliphatic carbocycles. The van der Waals surface area contributed by atoms with Gasteiger partial charge in [-0.05, 0) is 24.8 Å². The van der Waals surface area contributed by atoms with Gasteiger partial charge in [0, 0.05) is 0 Å². The number of esters is 1. The van der Waals surface area contributed by atoms with Gasteiger partial charge in [0.1, 0.15) is 6.10 Å². The number of benzene rings is 1. The van der Waals surface area contributed by atoms with Crippen LogP contribution in [0.4, 0.5) is 0 Å². The van der Waals surface area contributed by atoms with E-state index in [0.717, 1.165) is 12.8 Å². The molecule has 0 radical (unpaired) electrons. The minimum Gasteiger partial charge on any atom is -0.461 e. The number of ether oxygens (including phenoxy) is 1. The van der Waals surface area contributed by atoms with E-state index in [-0.39, 0.29) is 18.0 Å². The maximum absolute atomic E-state index is 11.7. The summed E-state index contributed by atoms with van der Waals surface area (Å²) in [6.45, 7) is 2.27. The molecule has 1 aliphatic heterocycles. The van der Waals surface area contributed by atoms with E-state index >= 15 is 0 Å². The number of hydrogen-bond donors (Lipinski definition) is 0. The second-order valence-corrected chi connectivity index (χ2v) is 7.60. The zero-order valence-corrected chi connectivity index (χ0v) is 16.1. The Bertz CT molecular complexity index is 468. The van der Waals surface area contributed by atoms with Gasteiger partial charge < -0.3 is 4.74 Å². The predicted molar refractivity (Wildman–Crippen MR) is 105 cm³/mol. The van der Waals surface area contributed by atoms with E-state index in [2.05, 4.69) is 19.1 Å². The van der Waals surface area contributed by atoms with Gasteiger partial charge in [0.15, 0.2) is 0 Å². The molecule has 1 aliphatic rings. The van der Waals surface area contributed by atoms with Crippen LogP contribution >= 0.6 is 0 Å². The van der Waals surface area contributed by atoms with Crippen LogP contribution in [0.25, 0.3) is 0 Å². The van der Waals surface area contributed by atoms with Crippen molar-refractivity contribution in [1.82, 2.24) is 0 Å². The van der Waals surface area contributed by atoms with Gasteiger partial charge in [0.2, 0.25) is 0 Å². The molecule has 140 valence electrons. The first-order valence-corrected chi connectivity index (χ1v) is 10.6. The summed E-state index contributed by atoms with van der Waals surface area (Å²) in [5, 5.41) is 0. The van der Waals surface area contributed by atoms with Crippen LogP contribution in [-0.2, 0) is 16.0 Å². The standard InChI is InChI=1S/C23H36O2/c1-2-3-4-5-6-7-8-9-10-11-15-18-22-21(23(24)25-22)19-20-16-13-12-14-17-20/h12-14,16-17,21-22H,2-11,15,18-19H2,1H3/t21-,22+/m1/s1. The second-order valence-electron chi connectivity index (χ2n) is 7.60. The monoisotopic (exact) mass is 344 g/mol. The fourth-order valence-electron chi connectivity index (χ4n) is 3.75. The molecule has 1 aromatic rings. The van der Waals surface area contributed by atoms with Crippen LogP contribution in [0.3, 0.4) is 0 Å². The third-order valence-electron chi connectivity index (χ3n) is 5.41. The number of rotatable bonds is 14. The van der Waals surface area contributed by atoms with Crippen molar-refractivity contribution in [2.75, 3.05) is 0 Å². The summed E-state index contributed by atoms with van der Waals surface area (Å²) in [5.74, 6) is 0.0856. The lowest BCUT2D eigenvalue weighted by atomic mass is 9.87. The highest BCUT2D eigenvalue weighted by molar-refractivity contribution is 5.78. The zero-order valence-electron chi connectivity index (χ0n) is 16.1. The first kappa shape index (κ1) is 20.0. The molecule has 1 aromatic carbocycles. The quantitative estimate of drug-likeness (QED) is 0.285. The Morgan fingerprint density at radius 2 is 1.36 bits per heavy atom. The highest BCUT2D eigenvalue weighted by Gasteiger charge is 2.41. The van der Waals surface area contributed by atoms with Crippen LogP contribution < -0.4 is 0 Å². The lowest BCUT2D eigenvalue weighted by Crippen LogP contribution is -2.46.